The summed E-state index contributed by atoms with van der Waals surface area (Å²) in [4.78, 5) is 36.3. The second-order valence-electron chi connectivity index (χ2n) is 6.64. The van der Waals surface area contributed by atoms with E-state index >= 15 is 0 Å². The summed E-state index contributed by atoms with van der Waals surface area (Å²) in [7, 11) is 3.50. The molecule has 0 saturated heterocycles. The van der Waals surface area contributed by atoms with E-state index in [-0.39, 0.29) is 11.5 Å². The molecule has 0 aliphatic carbocycles. The number of para-hydroxylation sites is 1. The first-order valence-corrected chi connectivity index (χ1v) is 8.99. The zero-order chi connectivity index (χ0) is 19.4. The maximum Gasteiger partial charge on any atom is 0.258 e. The minimum absolute atomic E-state index is 0.00816. The van der Waals surface area contributed by atoms with Crippen LogP contribution in [-0.4, -0.2) is 46.3 Å². The van der Waals surface area contributed by atoms with Gasteiger partial charge >= 0.3 is 0 Å². The van der Waals surface area contributed by atoms with E-state index < -0.39 is 6.04 Å². The van der Waals surface area contributed by atoms with Crippen molar-refractivity contribution in [2.75, 3.05) is 20.6 Å². The van der Waals surface area contributed by atoms with Gasteiger partial charge in [0.15, 0.2) is 0 Å². The van der Waals surface area contributed by atoms with E-state index in [9.17, 15) is 9.59 Å². The van der Waals surface area contributed by atoms with Gasteiger partial charge in [-0.2, -0.15) is 0 Å². The second kappa shape index (κ2) is 8.14. The standard InChI is InChI=1S/C21H24N4O2/c1-4-25(19(21(27)24(2)3)15-10-6-5-7-11-15)14-18-22-17-13-9-8-12-16(17)20(26)23-18/h5-13,19H,4,14H2,1-3H3,(H,22,23,26). The Morgan fingerprint density at radius 1 is 1.07 bits per heavy atom. The number of benzene rings is 2. The van der Waals surface area contributed by atoms with Gasteiger partial charge < -0.3 is 9.88 Å². The predicted molar refractivity (Wildman–Crippen MR) is 106 cm³/mol. The monoisotopic (exact) mass is 364 g/mol. The molecule has 2 aromatic carbocycles. The Balaban J connectivity index is 1.99. The summed E-state index contributed by atoms with van der Waals surface area (Å²) >= 11 is 0. The topological polar surface area (TPSA) is 69.3 Å². The molecule has 0 bridgehead atoms. The molecule has 1 N–H and O–H groups in total. The molecule has 0 aliphatic heterocycles. The highest BCUT2D eigenvalue weighted by molar-refractivity contribution is 5.83. The number of likely N-dealkylation sites (N-methyl/N-ethyl adjacent to an activating group) is 2. The highest BCUT2D eigenvalue weighted by Crippen LogP contribution is 2.24. The number of carbonyl (C=O) groups excluding carboxylic acids is 1. The molecule has 140 valence electrons. The van der Waals surface area contributed by atoms with Crippen LogP contribution < -0.4 is 5.56 Å². The third-order valence-electron chi connectivity index (χ3n) is 4.58. The van der Waals surface area contributed by atoms with Gasteiger partial charge in [-0.1, -0.05) is 49.4 Å². The number of fused-ring (bicyclic) bond motifs is 1. The minimum Gasteiger partial charge on any atom is -0.347 e. The van der Waals surface area contributed by atoms with E-state index in [1.165, 1.54) is 0 Å². The van der Waals surface area contributed by atoms with E-state index in [1.807, 2.05) is 60.4 Å². The number of aromatic amines is 1. The second-order valence-corrected chi connectivity index (χ2v) is 6.64. The van der Waals surface area contributed by atoms with Crippen molar-refractivity contribution in [3.05, 3.63) is 76.3 Å². The lowest BCUT2D eigenvalue weighted by atomic mass is 10.0. The molecular formula is C21H24N4O2. The first-order chi connectivity index (χ1) is 13.0. The largest absolute Gasteiger partial charge is 0.347 e. The summed E-state index contributed by atoms with van der Waals surface area (Å²) in [5.74, 6) is 0.541. The molecule has 27 heavy (non-hydrogen) atoms. The SMILES string of the molecule is CCN(Cc1nc2ccccc2c(=O)[nH]1)C(C(=O)N(C)C)c1ccccc1. The van der Waals surface area contributed by atoms with Gasteiger partial charge in [-0.05, 0) is 24.2 Å². The summed E-state index contributed by atoms with van der Waals surface area (Å²) in [5.41, 5.74) is 1.41. The number of nitrogens with zero attached hydrogens (tertiary/aromatic N) is 3. The Hall–Kier alpha value is -2.99. The number of H-pyrrole nitrogens is 1. The van der Waals surface area contributed by atoms with Crippen molar-refractivity contribution in [1.82, 2.24) is 19.8 Å². The predicted octanol–water partition coefficient (Wildman–Crippen LogP) is 2.57. The minimum atomic E-state index is -0.442. The Kier molecular flexibility index (Phi) is 5.66. The number of rotatable bonds is 6. The normalized spacial score (nSPS) is 12.3. The molecular weight excluding hydrogens is 340 g/mol. The van der Waals surface area contributed by atoms with Gasteiger partial charge in [0.2, 0.25) is 5.91 Å². The molecule has 1 atom stereocenters. The molecule has 6 nitrogen and oxygen atoms in total. The fraction of sp³-hybridized carbons (Fsp3) is 0.286. The third kappa shape index (κ3) is 4.06. The molecule has 1 heterocycles. The quantitative estimate of drug-likeness (QED) is 0.730. The first-order valence-electron chi connectivity index (χ1n) is 8.99. The Morgan fingerprint density at radius 2 is 1.74 bits per heavy atom. The van der Waals surface area contributed by atoms with Gasteiger partial charge in [0.05, 0.1) is 17.4 Å². The molecule has 0 fully saturated rings. The lowest BCUT2D eigenvalue weighted by Gasteiger charge is -2.31. The van der Waals surface area contributed by atoms with Crippen LogP contribution in [0.15, 0.2) is 59.4 Å². The van der Waals surface area contributed by atoms with E-state index in [4.69, 9.17) is 0 Å². The van der Waals surface area contributed by atoms with E-state index in [1.54, 1.807) is 25.1 Å². The molecule has 1 amide bonds. The van der Waals surface area contributed by atoms with Crippen molar-refractivity contribution in [3.8, 4) is 0 Å². The zero-order valence-corrected chi connectivity index (χ0v) is 15.8. The van der Waals surface area contributed by atoms with E-state index in [2.05, 4.69) is 9.97 Å². The van der Waals surface area contributed by atoms with Crippen LogP contribution in [0.25, 0.3) is 10.9 Å². The molecule has 0 saturated carbocycles. The van der Waals surface area contributed by atoms with Crippen LogP contribution in [0, 0.1) is 0 Å². The number of carbonyl (C=O) groups is 1. The number of aromatic nitrogens is 2. The van der Waals surface area contributed by atoms with Gasteiger partial charge in [0.25, 0.3) is 5.56 Å². The van der Waals surface area contributed by atoms with Crippen LogP contribution in [-0.2, 0) is 11.3 Å². The summed E-state index contributed by atoms with van der Waals surface area (Å²) < 4.78 is 0. The molecule has 3 rings (SSSR count). The van der Waals surface area contributed by atoms with Gasteiger partial charge in [-0.3, -0.25) is 14.5 Å². The van der Waals surface area contributed by atoms with Crippen LogP contribution in [0.5, 0.6) is 0 Å². The molecule has 1 aromatic heterocycles. The summed E-state index contributed by atoms with van der Waals surface area (Å²) in [6, 6.07) is 16.5. The van der Waals surface area contributed by atoms with Gasteiger partial charge in [-0.15, -0.1) is 0 Å². The fourth-order valence-electron chi connectivity index (χ4n) is 3.18. The number of hydrogen-bond donors (Lipinski definition) is 1. The maximum absolute atomic E-state index is 12.9. The van der Waals surface area contributed by atoms with Crippen LogP contribution in [0.1, 0.15) is 24.4 Å². The summed E-state index contributed by atoms with van der Waals surface area (Å²) in [6.45, 7) is 3.00. The molecule has 3 aromatic rings. The molecule has 0 aliphatic rings. The smallest absolute Gasteiger partial charge is 0.258 e. The average molecular weight is 364 g/mol. The van der Waals surface area contributed by atoms with Crippen LogP contribution in [0.3, 0.4) is 0 Å². The third-order valence-corrected chi connectivity index (χ3v) is 4.58. The van der Waals surface area contributed by atoms with Crippen LogP contribution in [0.4, 0.5) is 0 Å². The fourth-order valence-corrected chi connectivity index (χ4v) is 3.18. The summed E-state index contributed by atoms with van der Waals surface area (Å²) in [6.07, 6.45) is 0. The first kappa shape index (κ1) is 18.8. The van der Waals surface area contributed by atoms with Crippen molar-refractivity contribution in [2.24, 2.45) is 0 Å². The summed E-state index contributed by atoms with van der Waals surface area (Å²) in [5, 5.41) is 0.563. The van der Waals surface area contributed by atoms with Crippen molar-refractivity contribution in [2.45, 2.75) is 19.5 Å². The number of hydrogen-bond acceptors (Lipinski definition) is 4. The molecule has 0 spiro atoms. The lowest BCUT2D eigenvalue weighted by Crippen LogP contribution is -2.40. The van der Waals surface area contributed by atoms with Crippen molar-refractivity contribution in [1.29, 1.82) is 0 Å². The highest BCUT2D eigenvalue weighted by atomic mass is 16.2. The zero-order valence-electron chi connectivity index (χ0n) is 15.8. The Bertz CT molecular complexity index is 982. The molecule has 6 heteroatoms. The Morgan fingerprint density at radius 3 is 2.41 bits per heavy atom. The molecule has 0 radical (unpaired) electrons. The lowest BCUT2D eigenvalue weighted by molar-refractivity contribution is -0.135. The van der Waals surface area contributed by atoms with Gasteiger partial charge in [0, 0.05) is 14.1 Å². The molecule has 1 unspecified atom stereocenters. The van der Waals surface area contributed by atoms with Gasteiger partial charge in [-0.25, -0.2) is 4.98 Å². The van der Waals surface area contributed by atoms with Gasteiger partial charge in [0.1, 0.15) is 11.9 Å². The van der Waals surface area contributed by atoms with E-state index in [0.717, 1.165) is 5.56 Å². The number of amides is 1. The van der Waals surface area contributed by atoms with Crippen molar-refractivity contribution < 1.29 is 4.79 Å². The maximum atomic E-state index is 12.9. The van der Waals surface area contributed by atoms with E-state index in [0.29, 0.717) is 29.8 Å². The average Bonchev–Trinajstić information content (AvgIpc) is 2.68. The van der Waals surface area contributed by atoms with Crippen molar-refractivity contribution >= 4 is 16.8 Å². The Labute approximate surface area is 158 Å². The van der Waals surface area contributed by atoms with Crippen LogP contribution >= 0.6 is 0 Å². The van der Waals surface area contributed by atoms with Crippen molar-refractivity contribution in [3.63, 3.8) is 0 Å². The highest BCUT2D eigenvalue weighted by Gasteiger charge is 2.28. The number of nitrogens with one attached hydrogen (secondary N) is 1. The van der Waals surface area contributed by atoms with Crippen LogP contribution in [0.2, 0.25) is 0 Å².